The third-order valence-electron chi connectivity index (χ3n) is 2.11. The molecule has 0 spiro atoms. The van der Waals surface area contributed by atoms with E-state index in [2.05, 4.69) is 6.58 Å². The Kier molecular flexibility index (Phi) is 3.09. The van der Waals surface area contributed by atoms with E-state index < -0.39 is 0 Å². The minimum Gasteiger partial charge on any atom is -0.382 e. The molecule has 1 saturated heterocycles. The maximum atomic E-state index is 5.63. The molecule has 1 rings (SSSR count). The van der Waals surface area contributed by atoms with E-state index in [0.717, 1.165) is 25.9 Å². The molecular formula is C9H16O2. The Morgan fingerprint density at radius 3 is 3.00 bits per heavy atom. The third kappa shape index (κ3) is 2.04. The number of rotatable bonds is 4. The van der Waals surface area contributed by atoms with Crippen LogP contribution in [0.4, 0.5) is 0 Å². The molecule has 1 aliphatic rings. The quantitative estimate of drug-likeness (QED) is 0.577. The summed E-state index contributed by atoms with van der Waals surface area (Å²) in [5, 5.41) is 0. The van der Waals surface area contributed by atoms with Crippen molar-refractivity contribution in [1.82, 2.24) is 0 Å². The molecule has 0 aliphatic carbocycles. The fourth-order valence-electron chi connectivity index (χ4n) is 1.62. The van der Waals surface area contributed by atoms with E-state index in [1.165, 1.54) is 0 Å². The zero-order chi connectivity index (χ0) is 8.16. The van der Waals surface area contributed by atoms with Crippen molar-refractivity contribution in [3.8, 4) is 0 Å². The fraction of sp³-hybridized carbons (Fsp3) is 0.778. The minimum atomic E-state index is -0.0451. The largest absolute Gasteiger partial charge is 0.382 e. The van der Waals surface area contributed by atoms with Crippen molar-refractivity contribution >= 4 is 0 Å². The fourth-order valence-corrected chi connectivity index (χ4v) is 1.62. The average Bonchev–Trinajstić information content (AvgIpc) is 2.39. The Morgan fingerprint density at radius 1 is 1.73 bits per heavy atom. The highest BCUT2D eigenvalue weighted by Crippen LogP contribution is 2.29. The summed E-state index contributed by atoms with van der Waals surface area (Å²) in [6, 6.07) is 0. The number of hydrogen-bond acceptors (Lipinski definition) is 2. The predicted molar refractivity (Wildman–Crippen MR) is 44.6 cm³/mol. The highest BCUT2D eigenvalue weighted by Gasteiger charge is 2.33. The Hall–Kier alpha value is -0.340. The van der Waals surface area contributed by atoms with Crippen molar-refractivity contribution in [1.29, 1.82) is 0 Å². The van der Waals surface area contributed by atoms with Gasteiger partial charge in [0.1, 0.15) is 0 Å². The van der Waals surface area contributed by atoms with Gasteiger partial charge in [0.15, 0.2) is 0 Å². The van der Waals surface area contributed by atoms with Crippen molar-refractivity contribution < 1.29 is 9.47 Å². The lowest BCUT2D eigenvalue weighted by Gasteiger charge is -2.25. The van der Waals surface area contributed by atoms with Gasteiger partial charge in [0.05, 0.1) is 12.2 Å². The molecule has 1 heterocycles. The molecule has 0 saturated carbocycles. The van der Waals surface area contributed by atoms with Crippen LogP contribution in [0.25, 0.3) is 0 Å². The van der Waals surface area contributed by atoms with Crippen molar-refractivity contribution in [2.24, 2.45) is 0 Å². The summed E-state index contributed by atoms with van der Waals surface area (Å²) in [6.45, 7) is 5.28. The first-order valence-electron chi connectivity index (χ1n) is 4.07. The second-order valence-corrected chi connectivity index (χ2v) is 3.06. The molecular weight excluding hydrogens is 140 g/mol. The van der Waals surface area contributed by atoms with Gasteiger partial charge < -0.3 is 9.47 Å². The molecule has 1 fully saturated rings. The maximum Gasteiger partial charge on any atom is 0.0949 e. The van der Waals surface area contributed by atoms with Gasteiger partial charge in [-0.3, -0.25) is 0 Å². The topological polar surface area (TPSA) is 18.5 Å². The third-order valence-corrected chi connectivity index (χ3v) is 2.11. The van der Waals surface area contributed by atoms with E-state index >= 15 is 0 Å². The molecule has 0 amide bonds. The van der Waals surface area contributed by atoms with Crippen molar-refractivity contribution in [2.45, 2.75) is 24.9 Å². The standard InChI is InChI=1S/C9H16O2/c1-3-5-9(8-10-2)6-4-7-11-9/h3H,1,4-8H2,2H3/t9-/m0/s1. The summed E-state index contributed by atoms with van der Waals surface area (Å²) < 4.78 is 10.7. The van der Waals surface area contributed by atoms with Crippen molar-refractivity contribution in [3.63, 3.8) is 0 Å². The highest BCUT2D eigenvalue weighted by atomic mass is 16.5. The summed E-state index contributed by atoms with van der Waals surface area (Å²) in [6.07, 6.45) is 5.06. The summed E-state index contributed by atoms with van der Waals surface area (Å²) in [5.74, 6) is 0. The van der Waals surface area contributed by atoms with Crippen molar-refractivity contribution in [3.05, 3.63) is 12.7 Å². The Balaban J connectivity index is 2.46. The lowest BCUT2D eigenvalue weighted by molar-refractivity contribution is -0.0489. The van der Waals surface area contributed by atoms with E-state index in [1.54, 1.807) is 7.11 Å². The van der Waals surface area contributed by atoms with Crippen LogP contribution in [-0.2, 0) is 9.47 Å². The lowest BCUT2D eigenvalue weighted by atomic mass is 9.97. The van der Waals surface area contributed by atoms with Gasteiger partial charge in [-0.05, 0) is 19.3 Å². The minimum absolute atomic E-state index is 0.0451. The number of ether oxygens (including phenoxy) is 2. The van der Waals surface area contributed by atoms with Gasteiger partial charge in [0.25, 0.3) is 0 Å². The maximum absolute atomic E-state index is 5.63. The highest BCUT2D eigenvalue weighted by molar-refractivity contribution is 4.91. The molecule has 1 atom stereocenters. The molecule has 0 N–H and O–H groups in total. The van der Waals surface area contributed by atoms with Gasteiger partial charge in [0, 0.05) is 13.7 Å². The first-order chi connectivity index (χ1) is 5.33. The number of hydrogen-bond donors (Lipinski definition) is 0. The average molecular weight is 156 g/mol. The van der Waals surface area contributed by atoms with Gasteiger partial charge >= 0.3 is 0 Å². The van der Waals surface area contributed by atoms with Crippen molar-refractivity contribution in [2.75, 3.05) is 20.3 Å². The van der Waals surface area contributed by atoms with E-state index in [0.29, 0.717) is 6.61 Å². The normalized spacial score (nSPS) is 30.6. The molecule has 64 valence electrons. The van der Waals surface area contributed by atoms with E-state index in [4.69, 9.17) is 9.47 Å². The molecule has 11 heavy (non-hydrogen) atoms. The Bertz CT molecular complexity index is 126. The summed E-state index contributed by atoms with van der Waals surface area (Å²) in [4.78, 5) is 0. The molecule has 0 aromatic carbocycles. The Morgan fingerprint density at radius 2 is 2.55 bits per heavy atom. The summed E-state index contributed by atoms with van der Waals surface area (Å²) in [7, 11) is 1.71. The van der Waals surface area contributed by atoms with Crippen LogP contribution in [0.3, 0.4) is 0 Å². The summed E-state index contributed by atoms with van der Waals surface area (Å²) >= 11 is 0. The molecule has 0 bridgehead atoms. The van der Waals surface area contributed by atoms with Crippen LogP contribution in [0.5, 0.6) is 0 Å². The van der Waals surface area contributed by atoms with Crippen LogP contribution in [0.2, 0.25) is 0 Å². The molecule has 0 aromatic heterocycles. The van der Waals surface area contributed by atoms with Gasteiger partial charge in [-0.25, -0.2) is 0 Å². The van der Waals surface area contributed by atoms with E-state index in [1.807, 2.05) is 6.08 Å². The van der Waals surface area contributed by atoms with Crippen LogP contribution in [-0.4, -0.2) is 25.9 Å². The molecule has 0 unspecified atom stereocenters. The zero-order valence-corrected chi connectivity index (χ0v) is 7.14. The van der Waals surface area contributed by atoms with Gasteiger partial charge in [-0.2, -0.15) is 0 Å². The molecule has 2 heteroatoms. The second kappa shape index (κ2) is 3.88. The smallest absolute Gasteiger partial charge is 0.0949 e. The number of methoxy groups -OCH3 is 1. The van der Waals surface area contributed by atoms with Crippen LogP contribution in [0, 0.1) is 0 Å². The Labute approximate surface area is 68.2 Å². The second-order valence-electron chi connectivity index (χ2n) is 3.06. The monoisotopic (exact) mass is 156 g/mol. The molecule has 1 aliphatic heterocycles. The van der Waals surface area contributed by atoms with Crippen LogP contribution in [0.15, 0.2) is 12.7 Å². The van der Waals surface area contributed by atoms with Gasteiger partial charge in [-0.1, -0.05) is 6.08 Å². The zero-order valence-electron chi connectivity index (χ0n) is 7.14. The SMILES string of the molecule is C=CC[C@@]1(COC)CCCO1. The first kappa shape index (κ1) is 8.75. The van der Waals surface area contributed by atoms with Crippen LogP contribution >= 0.6 is 0 Å². The van der Waals surface area contributed by atoms with E-state index in [-0.39, 0.29) is 5.60 Å². The van der Waals surface area contributed by atoms with Crippen LogP contribution in [0.1, 0.15) is 19.3 Å². The predicted octanol–water partition coefficient (Wildman–Crippen LogP) is 1.76. The molecule has 0 aromatic rings. The first-order valence-corrected chi connectivity index (χ1v) is 4.07. The lowest BCUT2D eigenvalue weighted by Crippen LogP contribution is -2.32. The summed E-state index contributed by atoms with van der Waals surface area (Å²) in [5.41, 5.74) is -0.0451. The van der Waals surface area contributed by atoms with Crippen LogP contribution < -0.4 is 0 Å². The van der Waals surface area contributed by atoms with E-state index in [9.17, 15) is 0 Å². The van der Waals surface area contributed by atoms with Gasteiger partial charge in [0.2, 0.25) is 0 Å². The molecule has 0 radical (unpaired) electrons. The van der Waals surface area contributed by atoms with Gasteiger partial charge in [-0.15, -0.1) is 6.58 Å². The molecule has 2 nitrogen and oxygen atoms in total.